The van der Waals surface area contributed by atoms with Crippen molar-refractivity contribution in [1.29, 1.82) is 0 Å². The summed E-state index contributed by atoms with van der Waals surface area (Å²) >= 11 is 0. The Balaban J connectivity index is 1.03. The molecule has 0 radical (unpaired) electrons. The molecule has 5 atom stereocenters. The lowest BCUT2D eigenvalue weighted by Gasteiger charge is -2.31. The van der Waals surface area contributed by atoms with E-state index < -0.39 is 30.5 Å². The topological polar surface area (TPSA) is 198 Å². The Hall–Kier alpha value is -7.30. The standard InChI is InChI=1S/C53H63N9O8/c1-29(2)28-69-36-13-9-12-34(23-36)51-62-40-19-17-32(38-26-54-47(56-38)41-14-10-20-60(41)49(63)45(30(3)4)58-52(65)67-7)22-35(40)24-43(62)37-18-16-33(25-44(37)70-51)39-27-55-48(57-39)42-15-11-21-61(42)50(64)46(31(5)6)59-53(66)68-8/h9,12-13,16-19,22-27,29-31,41-42,45-46,51H,10-11,14-15,20-21,28H2,1-8H3,(H,54,56)(H,55,57)(H,58,65)(H,59,66)/t41-,42-,45+,46+,51?/m0/s1. The van der Waals surface area contributed by atoms with E-state index in [9.17, 15) is 19.2 Å². The van der Waals surface area contributed by atoms with Crippen molar-refractivity contribution in [3.8, 4) is 45.3 Å². The van der Waals surface area contributed by atoms with Gasteiger partial charge in [-0.15, -0.1) is 0 Å². The maximum atomic E-state index is 13.9. The van der Waals surface area contributed by atoms with Gasteiger partial charge in [-0.05, 0) is 85.9 Å². The van der Waals surface area contributed by atoms with Crippen molar-refractivity contribution < 1.29 is 38.1 Å². The Labute approximate surface area is 407 Å². The van der Waals surface area contributed by atoms with Crippen LogP contribution in [0.3, 0.4) is 0 Å². The van der Waals surface area contributed by atoms with Crippen LogP contribution in [0.2, 0.25) is 0 Å². The van der Waals surface area contributed by atoms with Crippen LogP contribution in [-0.4, -0.2) is 104 Å². The molecule has 2 saturated heterocycles. The first kappa shape index (κ1) is 47.8. The number of imidazole rings is 2. The van der Waals surface area contributed by atoms with Gasteiger partial charge in [0.05, 0.1) is 67.9 Å². The van der Waals surface area contributed by atoms with Crippen molar-refractivity contribution >= 4 is 34.9 Å². The number of nitrogens with zero attached hydrogens (tertiary/aromatic N) is 5. The smallest absolute Gasteiger partial charge is 0.407 e. The van der Waals surface area contributed by atoms with Crippen LogP contribution in [0.5, 0.6) is 11.5 Å². The van der Waals surface area contributed by atoms with Gasteiger partial charge in [-0.2, -0.15) is 0 Å². The van der Waals surface area contributed by atoms with Crippen LogP contribution < -0.4 is 20.1 Å². The number of alkyl carbamates (subject to hydrolysis) is 2. The Morgan fingerprint density at radius 3 is 1.86 bits per heavy atom. The molecule has 17 heteroatoms. The molecule has 17 nitrogen and oxygen atoms in total. The number of amides is 4. The van der Waals surface area contributed by atoms with E-state index in [0.29, 0.717) is 43.0 Å². The first-order valence-corrected chi connectivity index (χ1v) is 24.3. The van der Waals surface area contributed by atoms with E-state index in [-0.39, 0.29) is 35.7 Å². The average molecular weight is 954 g/mol. The second kappa shape index (κ2) is 20.0. The van der Waals surface area contributed by atoms with Crippen molar-refractivity contribution in [1.82, 2.24) is 44.9 Å². The molecule has 3 aliphatic heterocycles. The van der Waals surface area contributed by atoms with Gasteiger partial charge >= 0.3 is 12.2 Å². The number of hydrogen-bond donors (Lipinski definition) is 4. The van der Waals surface area contributed by atoms with Crippen LogP contribution in [0, 0.1) is 17.8 Å². The zero-order chi connectivity index (χ0) is 49.4. The zero-order valence-electron chi connectivity index (χ0n) is 41.1. The number of carbonyl (C=O) groups excluding carboxylic acids is 4. The van der Waals surface area contributed by atoms with E-state index in [1.165, 1.54) is 14.2 Å². The molecule has 368 valence electrons. The number of hydrogen-bond acceptors (Lipinski definition) is 10. The van der Waals surface area contributed by atoms with Crippen LogP contribution in [-0.2, 0) is 19.1 Å². The molecule has 3 aromatic heterocycles. The lowest BCUT2D eigenvalue weighted by atomic mass is 10.0. The highest BCUT2D eigenvalue weighted by Crippen LogP contribution is 2.47. The second-order valence-corrected chi connectivity index (χ2v) is 19.6. The maximum absolute atomic E-state index is 13.9. The molecule has 3 aromatic carbocycles. The van der Waals surface area contributed by atoms with Crippen molar-refractivity contribution in [3.63, 3.8) is 0 Å². The number of aromatic nitrogens is 5. The van der Waals surface area contributed by atoms with Crippen LogP contribution in [0.15, 0.2) is 79.1 Å². The molecule has 0 spiro atoms. The number of carbonyl (C=O) groups is 4. The predicted molar refractivity (Wildman–Crippen MR) is 264 cm³/mol. The van der Waals surface area contributed by atoms with Crippen LogP contribution in [0.1, 0.15) is 103 Å². The van der Waals surface area contributed by atoms with E-state index in [0.717, 1.165) is 81.7 Å². The molecule has 3 aliphatic rings. The van der Waals surface area contributed by atoms with E-state index in [1.54, 1.807) is 11.1 Å². The number of ether oxygens (including phenoxy) is 4. The van der Waals surface area contributed by atoms with Gasteiger partial charge < -0.3 is 53.9 Å². The first-order chi connectivity index (χ1) is 33.7. The summed E-state index contributed by atoms with van der Waals surface area (Å²) in [7, 11) is 2.58. The molecule has 4 amide bonds. The van der Waals surface area contributed by atoms with Gasteiger partial charge in [-0.25, -0.2) is 19.6 Å². The third-order valence-electron chi connectivity index (χ3n) is 13.6. The first-order valence-electron chi connectivity index (χ1n) is 24.3. The van der Waals surface area contributed by atoms with Crippen molar-refractivity contribution in [2.45, 2.75) is 97.6 Å². The Morgan fingerprint density at radius 1 is 0.729 bits per heavy atom. The van der Waals surface area contributed by atoms with Crippen LogP contribution in [0.25, 0.3) is 44.7 Å². The van der Waals surface area contributed by atoms with Gasteiger partial charge in [0.2, 0.25) is 18.0 Å². The van der Waals surface area contributed by atoms with Gasteiger partial charge in [0.1, 0.15) is 35.2 Å². The van der Waals surface area contributed by atoms with Gasteiger partial charge in [-0.3, -0.25) is 9.59 Å². The Bertz CT molecular complexity index is 2900. The summed E-state index contributed by atoms with van der Waals surface area (Å²) in [5.41, 5.74) is 7.22. The average Bonchev–Trinajstić information content (AvgIpc) is 4.22. The quantitative estimate of drug-likeness (QED) is 0.0817. The largest absolute Gasteiger partial charge is 0.493 e. The van der Waals surface area contributed by atoms with E-state index in [1.807, 2.05) is 63.1 Å². The Morgan fingerprint density at radius 2 is 1.30 bits per heavy atom. The van der Waals surface area contributed by atoms with Gasteiger partial charge in [0.25, 0.3) is 0 Å². The SMILES string of the molecule is COC(=O)N[C@@H](C(=O)N1CCC[C@H]1c1ncc(-c2ccc3c(c2)OC(c2cccc(OCC(C)C)c2)n2c-3cc3cc(-c4cnc([C@@H]5CCCN5C(=O)[C@H](NC(=O)OC)C(C)C)[nH]4)ccc32)[nH]1)C(C)C. The number of rotatable bonds is 14. The minimum atomic E-state index is -0.731. The van der Waals surface area contributed by atoms with Crippen molar-refractivity contribution in [2.24, 2.45) is 17.8 Å². The number of methoxy groups -OCH3 is 2. The molecule has 2 fully saturated rings. The highest BCUT2D eigenvalue weighted by molar-refractivity contribution is 5.93. The molecular formula is C53H63N9O8. The highest BCUT2D eigenvalue weighted by atomic mass is 16.5. The number of likely N-dealkylation sites (tertiary alicyclic amines) is 2. The lowest BCUT2D eigenvalue weighted by molar-refractivity contribution is -0.136. The Kier molecular flexibility index (Phi) is 13.6. The summed E-state index contributed by atoms with van der Waals surface area (Å²) in [6.45, 7) is 13.6. The van der Waals surface area contributed by atoms with Gasteiger partial charge in [0.15, 0.2) is 0 Å². The number of fused-ring (bicyclic) bond motifs is 5. The van der Waals surface area contributed by atoms with Crippen molar-refractivity contribution in [2.75, 3.05) is 33.9 Å². The van der Waals surface area contributed by atoms with E-state index >= 15 is 0 Å². The molecule has 9 rings (SSSR count). The monoisotopic (exact) mass is 953 g/mol. The molecule has 70 heavy (non-hydrogen) atoms. The molecule has 0 saturated carbocycles. The summed E-state index contributed by atoms with van der Waals surface area (Å²) in [4.78, 5) is 72.3. The molecule has 6 aromatic rings. The molecule has 0 bridgehead atoms. The maximum Gasteiger partial charge on any atom is 0.407 e. The summed E-state index contributed by atoms with van der Waals surface area (Å²) < 4.78 is 25.1. The van der Waals surface area contributed by atoms with Gasteiger partial charge in [-0.1, -0.05) is 65.8 Å². The highest BCUT2D eigenvalue weighted by Gasteiger charge is 2.39. The van der Waals surface area contributed by atoms with E-state index in [2.05, 4.69) is 81.5 Å². The summed E-state index contributed by atoms with van der Waals surface area (Å²) in [5, 5.41) is 6.45. The molecule has 0 aliphatic carbocycles. The minimum absolute atomic E-state index is 0.137. The van der Waals surface area contributed by atoms with Gasteiger partial charge in [0, 0.05) is 40.7 Å². The molecule has 6 heterocycles. The second-order valence-electron chi connectivity index (χ2n) is 19.6. The summed E-state index contributed by atoms with van der Waals surface area (Å²) in [6.07, 6.45) is 4.91. The fraction of sp³-hybridized carbons (Fsp3) is 0.434. The number of nitrogens with one attached hydrogen (secondary N) is 4. The zero-order valence-corrected chi connectivity index (χ0v) is 41.1. The van der Waals surface area contributed by atoms with E-state index in [4.69, 9.17) is 28.9 Å². The van der Waals surface area contributed by atoms with Crippen molar-refractivity contribution in [3.05, 3.63) is 96.3 Å². The van der Waals surface area contributed by atoms with Crippen LogP contribution in [0.4, 0.5) is 9.59 Å². The molecule has 4 N–H and O–H groups in total. The normalized spacial score (nSPS) is 18.4. The fourth-order valence-electron chi connectivity index (χ4n) is 9.96. The number of benzene rings is 3. The minimum Gasteiger partial charge on any atom is -0.493 e. The predicted octanol–water partition coefficient (Wildman–Crippen LogP) is 9.15. The molecular weight excluding hydrogens is 891 g/mol. The van der Waals surface area contributed by atoms with Crippen LogP contribution >= 0.6 is 0 Å². The molecule has 1 unspecified atom stereocenters. The third-order valence-corrected chi connectivity index (χ3v) is 13.6. The summed E-state index contributed by atoms with van der Waals surface area (Å²) in [6, 6.07) is 20.8. The number of H-pyrrole nitrogens is 2. The summed E-state index contributed by atoms with van der Waals surface area (Å²) in [5.74, 6) is 2.59. The fourth-order valence-corrected chi connectivity index (χ4v) is 9.96. The number of aromatic amines is 2. The third kappa shape index (κ3) is 9.40. The lowest BCUT2D eigenvalue weighted by Crippen LogP contribution is -2.51.